The van der Waals surface area contributed by atoms with Crippen LogP contribution in [0, 0.1) is 5.82 Å². The lowest BCUT2D eigenvalue weighted by Gasteiger charge is -2.37. The Kier molecular flexibility index (Phi) is 6.92. The molecule has 0 radical (unpaired) electrons. The van der Waals surface area contributed by atoms with Crippen molar-refractivity contribution < 1.29 is 40.6 Å². The highest BCUT2D eigenvalue weighted by atomic mass is 19.4. The maximum Gasteiger partial charge on any atom is 0.423 e. The average molecular weight is 404 g/mol. The second-order valence-corrected chi connectivity index (χ2v) is 6.21. The third-order valence-corrected chi connectivity index (χ3v) is 4.08. The Morgan fingerprint density at radius 1 is 0.926 bits per heavy atom. The number of benzene rings is 1. The Morgan fingerprint density at radius 2 is 1.44 bits per heavy atom. The first-order valence-electron chi connectivity index (χ1n) is 8.13. The van der Waals surface area contributed by atoms with Crippen molar-refractivity contribution in [3.63, 3.8) is 0 Å². The minimum absolute atomic E-state index is 0.111. The van der Waals surface area contributed by atoms with Gasteiger partial charge in [-0.2, -0.15) is 26.3 Å². The molecule has 1 aromatic carbocycles. The summed E-state index contributed by atoms with van der Waals surface area (Å²) in [5.74, 6) is -0.364. The first-order valence-corrected chi connectivity index (χ1v) is 8.13. The van der Waals surface area contributed by atoms with Gasteiger partial charge in [-0.1, -0.05) is 0 Å². The molecule has 27 heavy (non-hydrogen) atoms. The minimum atomic E-state index is -5.60. The number of aliphatic hydroxyl groups excluding tert-OH is 1. The summed E-state index contributed by atoms with van der Waals surface area (Å²) in [5, 5.41) is 9.74. The lowest BCUT2D eigenvalue weighted by molar-refractivity contribution is -0.324. The summed E-state index contributed by atoms with van der Waals surface area (Å²) < 4.78 is 91.2. The summed E-state index contributed by atoms with van der Waals surface area (Å²) >= 11 is 0. The quantitative estimate of drug-likeness (QED) is 0.740. The van der Waals surface area contributed by atoms with Crippen molar-refractivity contribution in [2.24, 2.45) is 0 Å². The molecule has 1 aliphatic rings. The predicted octanol–water partition coefficient (Wildman–Crippen LogP) is 2.82. The highest BCUT2D eigenvalue weighted by Gasteiger charge is 2.58. The summed E-state index contributed by atoms with van der Waals surface area (Å²) in [6.45, 7) is 0.730. The smallest absolute Gasteiger partial charge is 0.389 e. The number of ether oxygens (including phenoxy) is 1. The Hall–Kier alpha value is -1.59. The normalized spacial score (nSPS) is 18.2. The molecule has 1 aliphatic heterocycles. The first kappa shape index (κ1) is 21.7. The largest absolute Gasteiger partial charge is 0.423 e. The molecule has 2 rings (SSSR count). The Balaban J connectivity index is 1.78. The number of hydrogen-bond acceptors (Lipinski definition) is 4. The van der Waals surface area contributed by atoms with Gasteiger partial charge >= 0.3 is 12.4 Å². The van der Waals surface area contributed by atoms with E-state index in [0.29, 0.717) is 26.2 Å². The van der Waals surface area contributed by atoms with Gasteiger partial charge in [0.15, 0.2) is 0 Å². The lowest BCUT2D eigenvalue weighted by Crippen LogP contribution is -2.50. The van der Waals surface area contributed by atoms with Gasteiger partial charge in [-0.15, -0.1) is 0 Å². The number of rotatable bonds is 6. The fourth-order valence-electron chi connectivity index (χ4n) is 2.77. The number of anilines is 1. The van der Waals surface area contributed by atoms with E-state index in [0.717, 1.165) is 5.69 Å². The van der Waals surface area contributed by atoms with Crippen LogP contribution in [-0.2, 0) is 4.74 Å². The van der Waals surface area contributed by atoms with E-state index in [9.17, 15) is 35.8 Å². The van der Waals surface area contributed by atoms with Gasteiger partial charge in [0.25, 0.3) is 0 Å². The van der Waals surface area contributed by atoms with Crippen molar-refractivity contribution in [3.05, 3.63) is 30.1 Å². The van der Waals surface area contributed by atoms with Crippen molar-refractivity contribution in [2.45, 2.75) is 24.6 Å². The van der Waals surface area contributed by atoms with Gasteiger partial charge in [-0.05, 0) is 24.3 Å². The third kappa shape index (κ3) is 6.51. The molecule has 0 bridgehead atoms. The number of β-amino-alcohol motifs (C(OH)–C–C–N with tert-alkyl or cyclic N) is 1. The van der Waals surface area contributed by atoms with Crippen molar-refractivity contribution in [1.82, 2.24) is 4.90 Å². The van der Waals surface area contributed by atoms with Gasteiger partial charge in [-0.25, -0.2) is 4.39 Å². The zero-order chi connectivity index (χ0) is 20.2. The second kappa shape index (κ2) is 8.61. The molecule has 1 atom stereocenters. The number of halogens is 7. The zero-order valence-electron chi connectivity index (χ0n) is 14.1. The molecule has 1 fully saturated rings. The molecule has 0 aromatic heterocycles. The van der Waals surface area contributed by atoms with Crippen LogP contribution >= 0.6 is 0 Å². The van der Waals surface area contributed by atoms with Gasteiger partial charge in [0.1, 0.15) is 5.82 Å². The van der Waals surface area contributed by atoms with Crippen LogP contribution in [-0.4, -0.2) is 73.9 Å². The van der Waals surface area contributed by atoms with Gasteiger partial charge in [0.2, 0.25) is 6.10 Å². The van der Waals surface area contributed by atoms with Crippen molar-refractivity contribution in [2.75, 3.05) is 44.2 Å². The summed E-state index contributed by atoms with van der Waals surface area (Å²) in [6.07, 6.45) is -16.6. The van der Waals surface area contributed by atoms with Gasteiger partial charge in [0, 0.05) is 38.4 Å². The molecule has 0 aliphatic carbocycles. The van der Waals surface area contributed by atoms with Crippen molar-refractivity contribution in [1.29, 1.82) is 0 Å². The van der Waals surface area contributed by atoms with E-state index >= 15 is 0 Å². The first-order chi connectivity index (χ1) is 12.5. The van der Waals surface area contributed by atoms with E-state index in [2.05, 4.69) is 4.74 Å². The van der Waals surface area contributed by atoms with Gasteiger partial charge < -0.3 is 14.7 Å². The van der Waals surface area contributed by atoms with Crippen LogP contribution in [0.1, 0.15) is 0 Å². The highest BCUT2D eigenvalue weighted by Crippen LogP contribution is 2.35. The zero-order valence-corrected chi connectivity index (χ0v) is 14.1. The molecule has 1 aromatic rings. The van der Waals surface area contributed by atoms with E-state index in [1.54, 1.807) is 17.0 Å². The molecule has 1 saturated heterocycles. The van der Waals surface area contributed by atoms with E-state index in [4.69, 9.17) is 0 Å². The summed E-state index contributed by atoms with van der Waals surface area (Å²) in [7, 11) is 0. The SMILES string of the molecule is O[C@@H](COC(C(F)(F)F)C(F)(F)F)CN1CCN(c2ccc(F)cc2)CC1. The van der Waals surface area contributed by atoms with Crippen LogP contribution < -0.4 is 4.90 Å². The van der Waals surface area contributed by atoms with Crippen molar-refractivity contribution in [3.8, 4) is 0 Å². The lowest BCUT2D eigenvalue weighted by atomic mass is 10.2. The summed E-state index contributed by atoms with van der Waals surface area (Å²) in [4.78, 5) is 3.67. The maximum atomic E-state index is 12.9. The molecular formula is C16H19F7N2O2. The number of nitrogens with zero attached hydrogens (tertiary/aromatic N) is 2. The van der Waals surface area contributed by atoms with E-state index < -0.39 is 31.2 Å². The van der Waals surface area contributed by atoms with Crippen molar-refractivity contribution >= 4 is 5.69 Å². The molecule has 154 valence electrons. The highest BCUT2D eigenvalue weighted by molar-refractivity contribution is 5.46. The third-order valence-electron chi connectivity index (χ3n) is 4.08. The number of piperazine rings is 1. The summed E-state index contributed by atoms with van der Waals surface area (Å²) in [6, 6.07) is 5.87. The molecule has 4 nitrogen and oxygen atoms in total. The second-order valence-electron chi connectivity index (χ2n) is 6.21. The van der Waals surface area contributed by atoms with Crippen LogP contribution in [0.4, 0.5) is 36.4 Å². The Morgan fingerprint density at radius 3 is 1.93 bits per heavy atom. The Bertz CT molecular complexity index is 570. The van der Waals surface area contributed by atoms with Crippen LogP contribution in [0.2, 0.25) is 0 Å². The van der Waals surface area contributed by atoms with E-state index in [1.165, 1.54) is 12.1 Å². The predicted molar refractivity (Wildman–Crippen MR) is 82.9 cm³/mol. The molecule has 1 N–H and O–H groups in total. The summed E-state index contributed by atoms with van der Waals surface area (Å²) in [5.41, 5.74) is 0.804. The van der Waals surface area contributed by atoms with Crippen LogP contribution in [0.3, 0.4) is 0 Å². The van der Waals surface area contributed by atoms with Crippen LogP contribution in [0.25, 0.3) is 0 Å². The molecule has 1 heterocycles. The fraction of sp³-hybridized carbons (Fsp3) is 0.625. The van der Waals surface area contributed by atoms with E-state index in [-0.39, 0.29) is 12.4 Å². The van der Waals surface area contributed by atoms with Gasteiger partial charge in [0.05, 0.1) is 12.7 Å². The molecule has 0 spiro atoms. The monoisotopic (exact) mass is 404 g/mol. The minimum Gasteiger partial charge on any atom is -0.389 e. The molecule has 0 unspecified atom stereocenters. The average Bonchev–Trinajstić information content (AvgIpc) is 2.54. The molecule has 0 saturated carbocycles. The fourth-order valence-corrected chi connectivity index (χ4v) is 2.77. The standard InChI is InChI=1S/C16H19F7N2O2/c17-11-1-3-12(4-2-11)25-7-5-24(6-8-25)9-13(26)10-27-14(15(18,19)20)16(21,22)23/h1-4,13-14,26H,5-10H2/t13-/m1/s1. The topological polar surface area (TPSA) is 35.9 Å². The van der Waals surface area contributed by atoms with E-state index in [1.807, 2.05) is 4.90 Å². The molecular weight excluding hydrogens is 385 g/mol. The molecule has 11 heteroatoms. The molecule has 0 amide bonds. The van der Waals surface area contributed by atoms with Crippen LogP contribution in [0.5, 0.6) is 0 Å². The number of hydrogen-bond donors (Lipinski definition) is 1. The van der Waals surface area contributed by atoms with Gasteiger partial charge in [-0.3, -0.25) is 4.90 Å². The maximum absolute atomic E-state index is 12.9. The Labute approximate surface area is 151 Å². The number of aliphatic hydroxyl groups is 1. The number of alkyl halides is 6. The van der Waals surface area contributed by atoms with Crippen LogP contribution in [0.15, 0.2) is 24.3 Å².